The van der Waals surface area contributed by atoms with Gasteiger partial charge in [-0.1, -0.05) is 43.5 Å². The van der Waals surface area contributed by atoms with Crippen LogP contribution in [-0.2, 0) is 10.2 Å². The van der Waals surface area contributed by atoms with E-state index in [1.165, 1.54) is 37.7 Å². The Morgan fingerprint density at radius 3 is 2.52 bits per heavy atom. The Hall–Kier alpha value is -1.35. The maximum atomic E-state index is 11.7. The van der Waals surface area contributed by atoms with Crippen molar-refractivity contribution in [2.75, 3.05) is 13.1 Å². The highest BCUT2D eigenvalue weighted by molar-refractivity contribution is 5.78. The Labute approximate surface area is 140 Å². The van der Waals surface area contributed by atoms with Crippen LogP contribution in [0.2, 0.25) is 0 Å². The van der Waals surface area contributed by atoms with Gasteiger partial charge in [-0.15, -0.1) is 0 Å². The van der Waals surface area contributed by atoms with Crippen LogP contribution in [0.4, 0.5) is 0 Å². The number of carboxylic acids is 1. The zero-order valence-corrected chi connectivity index (χ0v) is 13.8. The van der Waals surface area contributed by atoms with Crippen molar-refractivity contribution >= 4 is 5.97 Å². The summed E-state index contributed by atoms with van der Waals surface area (Å²) in [7, 11) is 0. The van der Waals surface area contributed by atoms with Crippen LogP contribution in [-0.4, -0.2) is 35.1 Å². The molecular formula is C20H29NO2. The molecule has 0 radical (unpaired) electrons. The summed E-state index contributed by atoms with van der Waals surface area (Å²) in [5, 5.41) is 9.62. The van der Waals surface area contributed by atoms with Crippen LogP contribution in [0.5, 0.6) is 0 Å². The fraction of sp³-hybridized carbons (Fsp3) is 0.650. The third kappa shape index (κ3) is 2.59. The predicted octanol–water partition coefficient (Wildman–Crippen LogP) is 4.17. The van der Waals surface area contributed by atoms with Gasteiger partial charge < -0.3 is 10.0 Å². The van der Waals surface area contributed by atoms with E-state index in [-0.39, 0.29) is 12.8 Å². The molecule has 126 valence electrons. The molecule has 0 amide bonds. The molecule has 1 N–H and O–H groups in total. The van der Waals surface area contributed by atoms with Crippen LogP contribution in [0.3, 0.4) is 0 Å². The van der Waals surface area contributed by atoms with Crippen molar-refractivity contribution in [3.8, 4) is 0 Å². The molecule has 1 aliphatic heterocycles. The van der Waals surface area contributed by atoms with Crippen LogP contribution < -0.4 is 0 Å². The van der Waals surface area contributed by atoms with Crippen molar-refractivity contribution in [3.05, 3.63) is 35.4 Å². The molecule has 2 fully saturated rings. The Kier molecular flexibility index (Phi) is 3.92. The summed E-state index contributed by atoms with van der Waals surface area (Å²) >= 11 is 0. The van der Waals surface area contributed by atoms with Gasteiger partial charge in [0.2, 0.25) is 0 Å². The normalized spacial score (nSPS) is 27.9. The third-order valence-electron chi connectivity index (χ3n) is 6.65. The minimum Gasteiger partial charge on any atom is -0.481 e. The van der Waals surface area contributed by atoms with Gasteiger partial charge in [0, 0.05) is 7.47 Å². The fourth-order valence-corrected chi connectivity index (χ4v) is 5.35. The monoisotopic (exact) mass is 315 g/mol. The summed E-state index contributed by atoms with van der Waals surface area (Å²) in [6, 6.07) is 9.08. The SMILES string of the molecule is O=C(O)C1CC2(CCN(C3CCCCC3)CC2)c2ccccc21.[HH]. The lowest BCUT2D eigenvalue weighted by Gasteiger charge is -2.44. The molecule has 3 heteroatoms. The molecule has 23 heavy (non-hydrogen) atoms. The van der Waals surface area contributed by atoms with Gasteiger partial charge in [0.1, 0.15) is 0 Å². The number of benzene rings is 1. The van der Waals surface area contributed by atoms with Gasteiger partial charge in [-0.3, -0.25) is 4.79 Å². The second-order valence-electron chi connectivity index (χ2n) is 7.79. The van der Waals surface area contributed by atoms with E-state index in [0.29, 0.717) is 0 Å². The summed E-state index contributed by atoms with van der Waals surface area (Å²) in [5.74, 6) is -0.948. The van der Waals surface area contributed by atoms with Gasteiger partial charge in [-0.25, -0.2) is 0 Å². The maximum Gasteiger partial charge on any atom is 0.311 e. The molecule has 3 nitrogen and oxygen atoms in total. The van der Waals surface area contributed by atoms with E-state index < -0.39 is 5.97 Å². The topological polar surface area (TPSA) is 40.5 Å². The zero-order valence-electron chi connectivity index (χ0n) is 13.8. The number of hydrogen-bond donors (Lipinski definition) is 1. The average Bonchev–Trinajstić information content (AvgIpc) is 2.92. The zero-order chi connectivity index (χ0) is 15.9. The van der Waals surface area contributed by atoms with E-state index in [9.17, 15) is 9.90 Å². The first kappa shape index (κ1) is 15.2. The fourth-order valence-electron chi connectivity index (χ4n) is 5.35. The van der Waals surface area contributed by atoms with E-state index in [0.717, 1.165) is 44.0 Å². The van der Waals surface area contributed by atoms with Crippen LogP contribution in [0, 0.1) is 0 Å². The number of likely N-dealkylation sites (tertiary alicyclic amines) is 1. The smallest absolute Gasteiger partial charge is 0.311 e. The van der Waals surface area contributed by atoms with Gasteiger partial charge >= 0.3 is 5.97 Å². The molecule has 4 rings (SSSR count). The Morgan fingerprint density at radius 1 is 1.13 bits per heavy atom. The molecule has 1 spiro atoms. The number of hydrogen-bond acceptors (Lipinski definition) is 2. The Bertz CT molecular complexity index is 589. The summed E-state index contributed by atoms with van der Waals surface area (Å²) < 4.78 is 0. The van der Waals surface area contributed by atoms with Gasteiger partial charge in [-0.2, -0.15) is 0 Å². The quantitative estimate of drug-likeness (QED) is 0.890. The van der Waals surface area contributed by atoms with Crippen molar-refractivity contribution in [2.45, 2.75) is 68.7 Å². The number of nitrogens with zero attached hydrogens (tertiary/aromatic N) is 1. The minimum absolute atomic E-state index is 0. The van der Waals surface area contributed by atoms with Crippen LogP contribution in [0.25, 0.3) is 0 Å². The van der Waals surface area contributed by atoms with Gasteiger partial charge in [0.15, 0.2) is 0 Å². The van der Waals surface area contributed by atoms with Crippen LogP contribution in [0.15, 0.2) is 24.3 Å². The van der Waals surface area contributed by atoms with E-state index in [1.54, 1.807) is 0 Å². The number of carbonyl (C=O) groups is 1. The molecule has 1 saturated carbocycles. The summed E-state index contributed by atoms with van der Waals surface area (Å²) in [5.41, 5.74) is 2.52. The van der Waals surface area contributed by atoms with E-state index in [1.807, 2.05) is 12.1 Å². The van der Waals surface area contributed by atoms with Gasteiger partial charge in [0.05, 0.1) is 5.92 Å². The van der Waals surface area contributed by atoms with E-state index >= 15 is 0 Å². The lowest BCUT2D eigenvalue weighted by atomic mass is 9.73. The highest BCUT2D eigenvalue weighted by Crippen LogP contribution is 2.52. The molecule has 2 aliphatic carbocycles. The number of aliphatic carboxylic acids is 1. The van der Waals surface area contributed by atoms with Crippen LogP contribution in [0.1, 0.15) is 69.8 Å². The number of fused-ring (bicyclic) bond motifs is 2. The Balaban J connectivity index is 0.00000169. The molecule has 0 aromatic heterocycles. The molecule has 1 aromatic carbocycles. The van der Waals surface area contributed by atoms with Gasteiger partial charge in [0.25, 0.3) is 0 Å². The standard InChI is InChI=1S/C20H27NO2.H2/c22-19(23)17-14-20(18-9-5-4-8-16(17)18)10-12-21(13-11-20)15-6-2-1-3-7-15;/h4-5,8-9,15,17H,1-3,6-7,10-14H2,(H,22,23);1H. The molecule has 1 aromatic rings. The molecule has 1 saturated heterocycles. The molecule has 1 atom stereocenters. The minimum atomic E-state index is -0.649. The number of piperidine rings is 1. The highest BCUT2D eigenvalue weighted by Gasteiger charge is 2.47. The van der Waals surface area contributed by atoms with Crippen LogP contribution >= 0.6 is 0 Å². The summed E-state index contributed by atoms with van der Waals surface area (Å²) in [6.07, 6.45) is 9.96. The molecular weight excluding hydrogens is 286 g/mol. The first-order valence-corrected chi connectivity index (χ1v) is 9.26. The predicted molar refractivity (Wildman–Crippen MR) is 92.9 cm³/mol. The maximum absolute atomic E-state index is 11.7. The second kappa shape index (κ2) is 5.94. The summed E-state index contributed by atoms with van der Waals surface area (Å²) in [4.78, 5) is 14.4. The second-order valence-corrected chi connectivity index (χ2v) is 7.79. The molecule has 1 heterocycles. The van der Waals surface area contributed by atoms with Crippen molar-refractivity contribution < 1.29 is 11.3 Å². The first-order chi connectivity index (χ1) is 11.2. The molecule has 1 unspecified atom stereocenters. The highest BCUT2D eigenvalue weighted by atomic mass is 16.4. The van der Waals surface area contributed by atoms with Crippen molar-refractivity contribution in [1.82, 2.24) is 4.90 Å². The lowest BCUT2D eigenvalue weighted by molar-refractivity contribution is -0.139. The lowest BCUT2D eigenvalue weighted by Crippen LogP contribution is -2.47. The van der Waals surface area contributed by atoms with Crippen molar-refractivity contribution in [3.63, 3.8) is 0 Å². The van der Waals surface area contributed by atoms with Crippen molar-refractivity contribution in [1.29, 1.82) is 0 Å². The first-order valence-electron chi connectivity index (χ1n) is 9.26. The van der Waals surface area contributed by atoms with E-state index in [4.69, 9.17) is 0 Å². The average molecular weight is 315 g/mol. The summed E-state index contributed by atoms with van der Waals surface area (Å²) in [6.45, 7) is 2.29. The molecule has 0 bridgehead atoms. The van der Waals surface area contributed by atoms with Gasteiger partial charge in [-0.05, 0) is 61.7 Å². The van der Waals surface area contributed by atoms with Crippen molar-refractivity contribution in [2.24, 2.45) is 0 Å². The number of rotatable bonds is 2. The Morgan fingerprint density at radius 2 is 1.83 bits per heavy atom. The number of carboxylic acid groups (broad SMARTS) is 1. The third-order valence-corrected chi connectivity index (χ3v) is 6.65. The molecule has 3 aliphatic rings. The van der Waals surface area contributed by atoms with E-state index in [2.05, 4.69) is 17.0 Å². The largest absolute Gasteiger partial charge is 0.481 e.